The van der Waals surface area contributed by atoms with Crippen molar-refractivity contribution < 1.29 is 0 Å². The zero-order chi connectivity index (χ0) is 25.5. The number of fused-ring (bicyclic) bond motifs is 3. The van der Waals surface area contributed by atoms with Crippen LogP contribution in [0.15, 0.2) is 138 Å². The van der Waals surface area contributed by atoms with E-state index in [1.807, 2.05) is 48.8 Å². The summed E-state index contributed by atoms with van der Waals surface area (Å²) in [4.78, 5) is 9.25. The Morgan fingerprint density at radius 3 is 1.84 bits per heavy atom. The molecule has 3 heterocycles. The average molecular weight is 552 g/mol. The summed E-state index contributed by atoms with van der Waals surface area (Å²) in [5, 5.41) is 2.47. The van der Waals surface area contributed by atoms with Crippen LogP contribution in [0.2, 0.25) is 0 Å². The van der Waals surface area contributed by atoms with Crippen molar-refractivity contribution in [1.82, 2.24) is 14.5 Å². The average Bonchev–Trinajstić information content (AvgIpc) is 3.31. The number of halogens is 1. The number of hydrogen-bond donors (Lipinski definition) is 0. The molecule has 0 saturated heterocycles. The molecular formula is C34H22BrN3. The fraction of sp³-hybridized carbons (Fsp3) is 0. The number of hydrogen-bond acceptors (Lipinski definition) is 2. The summed E-state index contributed by atoms with van der Waals surface area (Å²) in [7, 11) is 0. The molecule has 7 rings (SSSR count). The zero-order valence-corrected chi connectivity index (χ0v) is 22.0. The van der Waals surface area contributed by atoms with Crippen molar-refractivity contribution in [2.75, 3.05) is 0 Å². The lowest BCUT2D eigenvalue weighted by Crippen LogP contribution is -1.94. The van der Waals surface area contributed by atoms with Gasteiger partial charge >= 0.3 is 0 Å². The third-order valence-electron chi connectivity index (χ3n) is 6.93. The molecule has 3 aromatic heterocycles. The summed E-state index contributed by atoms with van der Waals surface area (Å²) in [5.74, 6) is 0. The zero-order valence-electron chi connectivity index (χ0n) is 20.4. The highest BCUT2D eigenvalue weighted by molar-refractivity contribution is 9.10. The van der Waals surface area contributed by atoms with Crippen LogP contribution in [0.25, 0.3) is 61.1 Å². The molecule has 0 aliphatic carbocycles. The van der Waals surface area contributed by atoms with E-state index in [-0.39, 0.29) is 0 Å². The van der Waals surface area contributed by atoms with E-state index < -0.39 is 0 Å². The molecule has 0 atom stereocenters. The highest BCUT2D eigenvalue weighted by Crippen LogP contribution is 2.36. The van der Waals surface area contributed by atoms with Crippen LogP contribution in [0, 0.1) is 0 Å². The van der Waals surface area contributed by atoms with Crippen LogP contribution in [0.5, 0.6) is 0 Å². The van der Waals surface area contributed by atoms with E-state index in [0.717, 1.165) is 43.8 Å². The van der Waals surface area contributed by atoms with Gasteiger partial charge < -0.3 is 4.57 Å². The normalized spacial score (nSPS) is 11.3. The van der Waals surface area contributed by atoms with Crippen molar-refractivity contribution in [2.24, 2.45) is 0 Å². The van der Waals surface area contributed by atoms with Crippen molar-refractivity contribution in [3.8, 4) is 39.3 Å². The lowest BCUT2D eigenvalue weighted by atomic mass is 9.96. The first-order chi connectivity index (χ1) is 18.7. The molecule has 4 aromatic carbocycles. The van der Waals surface area contributed by atoms with E-state index in [1.165, 1.54) is 21.8 Å². The number of aromatic nitrogens is 3. The van der Waals surface area contributed by atoms with Crippen molar-refractivity contribution in [1.29, 1.82) is 0 Å². The second-order valence-corrected chi connectivity index (χ2v) is 10.2. The van der Waals surface area contributed by atoms with E-state index in [4.69, 9.17) is 0 Å². The number of para-hydroxylation sites is 1. The highest BCUT2D eigenvalue weighted by Gasteiger charge is 2.14. The van der Waals surface area contributed by atoms with Gasteiger partial charge in [-0.25, -0.2) is 0 Å². The van der Waals surface area contributed by atoms with Crippen LogP contribution in [0.3, 0.4) is 0 Å². The molecule has 0 radical (unpaired) electrons. The van der Waals surface area contributed by atoms with Gasteiger partial charge in [0.25, 0.3) is 0 Å². The molecule has 4 heteroatoms. The Kier molecular flexibility index (Phi) is 5.60. The van der Waals surface area contributed by atoms with Crippen LogP contribution in [0.4, 0.5) is 0 Å². The number of pyridine rings is 2. The Labute approximate surface area is 229 Å². The lowest BCUT2D eigenvalue weighted by molar-refractivity contribution is 1.18. The van der Waals surface area contributed by atoms with E-state index in [1.54, 1.807) is 0 Å². The van der Waals surface area contributed by atoms with Gasteiger partial charge in [0.15, 0.2) is 0 Å². The van der Waals surface area contributed by atoms with Gasteiger partial charge in [-0.05, 0) is 90.0 Å². The van der Waals surface area contributed by atoms with Gasteiger partial charge in [0.2, 0.25) is 0 Å². The first kappa shape index (κ1) is 22.6. The van der Waals surface area contributed by atoms with E-state index >= 15 is 0 Å². The van der Waals surface area contributed by atoms with Gasteiger partial charge in [0, 0.05) is 44.5 Å². The SMILES string of the molecule is Brc1ccc2c(c1)c1ccccc1n2-c1cccc(-c2cc(-c3ccccn3)cc(-c3ccccn3)c2)c1. The van der Waals surface area contributed by atoms with Crippen molar-refractivity contribution in [2.45, 2.75) is 0 Å². The largest absolute Gasteiger partial charge is 0.309 e. The Hall–Kier alpha value is -4.54. The van der Waals surface area contributed by atoms with Crippen LogP contribution < -0.4 is 0 Å². The molecule has 0 aliphatic heterocycles. The molecule has 38 heavy (non-hydrogen) atoms. The first-order valence-electron chi connectivity index (χ1n) is 12.5. The quantitative estimate of drug-likeness (QED) is 0.218. The maximum Gasteiger partial charge on any atom is 0.0702 e. The summed E-state index contributed by atoms with van der Waals surface area (Å²) >= 11 is 3.66. The van der Waals surface area contributed by atoms with E-state index in [0.29, 0.717) is 0 Å². The molecule has 3 nitrogen and oxygen atoms in total. The lowest BCUT2D eigenvalue weighted by Gasteiger charge is -2.13. The highest BCUT2D eigenvalue weighted by atomic mass is 79.9. The first-order valence-corrected chi connectivity index (χ1v) is 13.3. The second kappa shape index (κ2) is 9.40. The van der Waals surface area contributed by atoms with Crippen LogP contribution in [-0.2, 0) is 0 Å². The predicted molar refractivity (Wildman–Crippen MR) is 160 cm³/mol. The molecule has 0 fully saturated rings. The fourth-order valence-electron chi connectivity index (χ4n) is 5.20. The summed E-state index contributed by atoms with van der Waals surface area (Å²) in [5.41, 5.74) is 9.77. The van der Waals surface area contributed by atoms with Crippen LogP contribution in [0.1, 0.15) is 0 Å². The minimum Gasteiger partial charge on any atom is -0.309 e. The monoisotopic (exact) mass is 551 g/mol. The summed E-state index contributed by atoms with van der Waals surface area (Å²) in [6.07, 6.45) is 3.67. The van der Waals surface area contributed by atoms with E-state index in [9.17, 15) is 0 Å². The Bertz CT molecular complexity index is 1870. The maximum atomic E-state index is 4.62. The minimum atomic E-state index is 0.940. The molecule has 0 N–H and O–H groups in total. The number of rotatable bonds is 4. The van der Waals surface area contributed by atoms with Crippen molar-refractivity contribution in [3.63, 3.8) is 0 Å². The molecule has 180 valence electrons. The third kappa shape index (κ3) is 4.00. The molecular weight excluding hydrogens is 530 g/mol. The Balaban J connectivity index is 1.44. The third-order valence-corrected chi connectivity index (χ3v) is 7.42. The van der Waals surface area contributed by atoms with Gasteiger partial charge in [0.05, 0.1) is 22.4 Å². The van der Waals surface area contributed by atoms with Crippen LogP contribution in [-0.4, -0.2) is 14.5 Å². The molecule has 0 spiro atoms. The van der Waals surface area contributed by atoms with Crippen molar-refractivity contribution >= 4 is 37.7 Å². The van der Waals surface area contributed by atoms with Crippen molar-refractivity contribution in [3.05, 3.63) is 138 Å². The summed E-state index contributed by atoms with van der Waals surface area (Å²) in [6.45, 7) is 0. The second-order valence-electron chi connectivity index (χ2n) is 9.29. The summed E-state index contributed by atoms with van der Waals surface area (Å²) < 4.78 is 3.43. The van der Waals surface area contributed by atoms with E-state index in [2.05, 4.69) is 115 Å². The smallest absolute Gasteiger partial charge is 0.0702 e. The maximum absolute atomic E-state index is 4.62. The predicted octanol–water partition coefficient (Wildman–Crippen LogP) is 9.34. The standard InChI is InChI=1S/C34H22BrN3/c35-27-14-15-34-30(22-27)29-10-1-2-13-33(29)38(34)28-9-7-8-23(21-28)24-18-25(31-11-3-5-16-36-31)20-26(19-24)32-12-4-6-17-37-32/h1-22H. The Morgan fingerprint density at radius 1 is 0.474 bits per heavy atom. The number of benzene rings is 4. The summed E-state index contributed by atoms with van der Waals surface area (Å²) in [6, 6.07) is 42.5. The molecule has 7 aromatic rings. The van der Waals surface area contributed by atoms with Crippen LogP contribution >= 0.6 is 15.9 Å². The Morgan fingerprint density at radius 2 is 1.13 bits per heavy atom. The molecule has 0 saturated carbocycles. The fourth-order valence-corrected chi connectivity index (χ4v) is 5.57. The van der Waals surface area contributed by atoms with Gasteiger partial charge in [-0.15, -0.1) is 0 Å². The van der Waals surface area contributed by atoms with Gasteiger partial charge in [-0.1, -0.05) is 58.4 Å². The minimum absolute atomic E-state index is 0.940. The molecule has 0 amide bonds. The topological polar surface area (TPSA) is 30.7 Å². The molecule has 0 unspecified atom stereocenters. The van der Waals surface area contributed by atoms with Gasteiger partial charge in [-0.2, -0.15) is 0 Å². The van der Waals surface area contributed by atoms with Gasteiger partial charge in [-0.3, -0.25) is 9.97 Å². The van der Waals surface area contributed by atoms with Gasteiger partial charge in [0.1, 0.15) is 0 Å². The number of nitrogens with zero attached hydrogens (tertiary/aromatic N) is 3. The molecule has 0 aliphatic rings. The molecule has 0 bridgehead atoms.